The Kier molecular flexibility index (Phi) is 6.79. The number of hydrogen-bond acceptors (Lipinski definition) is 5. The maximum atomic E-state index is 6.58. The highest BCUT2D eigenvalue weighted by Gasteiger charge is 2.23. The Morgan fingerprint density at radius 1 is 0.389 bits per heavy atom. The van der Waals surface area contributed by atoms with Gasteiger partial charge in [-0.2, -0.15) is 0 Å². The van der Waals surface area contributed by atoms with Crippen LogP contribution < -0.4 is 4.90 Å². The minimum Gasteiger partial charge on any atom is -0.456 e. The highest BCUT2D eigenvalue weighted by molar-refractivity contribution is 6.16. The predicted octanol–water partition coefficient (Wildman–Crippen LogP) is 14.1. The molecule has 0 aliphatic heterocycles. The lowest BCUT2D eigenvalue weighted by Gasteiger charge is -2.28. The molecule has 0 amide bonds. The van der Waals surface area contributed by atoms with Gasteiger partial charge in [0.1, 0.15) is 27.8 Å². The van der Waals surface area contributed by atoms with Crippen LogP contribution in [0.25, 0.3) is 88.7 Å². The fourth-order valence-corrected chi connectivity index (χ4v) is 7.82. The largest absolute Gasteiger partial charge is 0.456 e. The molecule has 0 saturated carbocycles. The highest BCUT2D eigenvalue weighted by Crippen LogP contribution is 2.47. The molecule has 5 heteroatoms. The maximum Gasteiger partial charge on any atom is 0.227 e. The van der Waals surface area contributed by atoms with Crippen molar-refractivity contribution in [2.45, 2.75) is 0 Å². The summed E-state index contributed by atoms with van der Waals surface area (Å²) >= 11 is 0. The van der Waals surface area contributed by atoms with Crippen LogP contribution in [0.4, 0.5) is 17.1 Å². The van der Waals surface area contributed by atoms with E-state index in [0.29, 0.717) is 11.5 Å². The van der Waals surface area contributed by atoms with Crippen LogP contribution >= 0.6 is 0 Å². The second kappa shape index (κ2) is 12.1. The van der Waals surface area contributed by atoms with Gasteiger partial charge < -0.3 is 18.2 Å². The molecule has 5 nitrogen and oxygen atoms in total. The minimum absolute atomic E-state index is 0.583. The Labute approximate surface area is 309 Å². The fourth-order valence-electron chi connectivity index (χ4n) is 7.82. The van der Waals surface area contributed by atoms with Crippen LogP contribution in [-0.2, 0) is 0 Å². The van der Waals surface area contributed by atoms with Crippen LogP contribution in [0.15, 0.2) is 195 Å². The number of oxazole rings is 1. The SMILES string of the molecule is c1ccc(-c2nc3cc4oc5cccc(N(c6ccc(-c7cccc8c7oc7ccccc78)cc6)c6ccccc6-c6ccccc6)c5c4cc3o2)cc1. The third-order valence-corrected chi connectivity index (χ3v) is 10.3. The molecule has 254 valence electrons. The zero-order valence-electron chi connectivity index (χ0n) is 28.9. The van der Waals surface area contributed by atoms with E-state index in [2.05, 4.69) is 132 Å². The third kappa shape index (κ3) is 4.83. The van der Waals surface area contributed by atoms with E-state index in [4.69, 9.17) is 18.2 Å². The van der Waals surface area contributed by atoms with E-state index < -0.39 is 0 Å². The number of furan rings is 2. The lowest BCUT2D eigenvalue weighted by Crippen LogP contribution is -2.11. The van der Waals surface area contributed by atoms with Crippen molar-refractivity contribution in [3.8, 4) is 33.7 Å². The lowest BCUT2D eigenvalue weighted by molar-refractivity contribution is 0.620. The van der Waals surface area contributed by atoms with Crippen molar-refractivity contribution in [3.63, 3.8) is 0 Å². The number of hydrogen-bond donors (Lipinski definition) is 0. The van der Waals surface area contributed by atoms with Gasteiger partial charge in [-0.3, -0.25) is 0 Å². The van der Waals surface area contributed by atoms with E-state index in [9.17, 15) is 0 Å². The van der Waals surface area contributed by atoms with Crippen LogP contribution in [0.5, 0.6) is 0 Å². The highest BCUT2D eigenvalue weighted by atomic mass is 16.4. The molecule has 0 radical (unpaired) electrons. The van der Waals surface area contributed by atoms with Crippen LogP contribution in [0.2, 0.25) is 0 Å². The van der Waals surface area contributed by atoms with E-state index in [1.807, 2.05) is 54.6 Å². The van der Waals surface area contributed by atoms with Crippen molar-refractivity contribution in [1.82, 2.24) is 4.98 Å². The summed E-state index contributed by atoms with van der Waals surface area (Å²) < 4.78 is 19.4. The number of para-hydroxylation sites is 3. The summed E-state index contributed by atoms with van der Waals surface area (Å²) in [5.74, 6) is 0.583. The van der Waals surface area contributed by atoms with Crippen molar-refractivity contribution < 1.29 is 13.3 Å². The summed E-state index contributed by atoms with van der Waals surface area (Å²) in [4.78, 5) is 7.16. The Bertz CT molecular complexity index is 3160. The van der Waals surface area contributed by atoms with Gasteiger partial charge in [0.05, 0.1) is 16.8 Å². The molecule has 11 rings (SSSR count). The molecule has 0 aliphatic rings. The molecule has 0 atom stereocenters. The first kappa shape index (κ1) is 30.3. The fraction of sp³-hybridized carbons (Fsp3) is 0. The number of anilines is 3. The first-order valence-electron chi connectivity index (χ1n) is 18.0. The zero-order valence-corrected chi connectivity index (χ0v) is 28.9. The van der Waals surface area contributed by atoms with Gasteiger partial charge in [-0.05, 0) is 65.7 Å². The second-order valence-corrected chi connectivity index (χ2v) is 13.5. The number of rotatable bonds is 6. The van der Waals surface area contributed by atoms with Crippen LogP contribution in [0.1, 0.15) is 0 Å². The van der Waals surface area contributed by atoms with Crippen molar-refractivity contribution in [3.05, 3.63) is 182 Å². The average molecular weight is 695 g/mol. The van der Waals surface area contributed by atoms with Crippen molar-refractivity contribution in [2.24, 2.45) is 0 Å². The molecule has 8 aromatic carbocycles. The van der Waals surface area contributed by atoms with Gasteiger partial charge in [-0.25, -0.2) is 4.98 Å². The third-order valence-electron chi connectivity index (χ3n) is 10.3. The molecule has 11 aromatic rings. The molecule has 0 aliphatic carbocycles. The molecular weight excluding hydrogens is 665 g/mol. The maximum absolute atomic E-state index is 6.58. The van der Waals surface area contributed by atoms with Gasteiger partial charge in [0.25, 0.3) is 0 Å². The number of nitrogens with zero attached hydrogens (tertiary/aromatic N) is 2. The van der Waals surface area contributed by atoms with Crippen LogP contribution in [-0.4, -0.2) is 4.98 Å². The monoisotopic (exact) mass is 694 g/mol. The van der Waals surface area contributed by atoms with Gasteiger partial charge >= 0.3 is 0 Å². The number of fused-ring (bicyclic) bond motifs is 7. The molecule has 54 heavy (non-hydrogen) atoms. The molecule has 0 fully saturated rings. The van der Waals surface area contributed by atoms with Crippen LogP contribution in [0.3, 0.4) is 0 Å². The van der Waals surface area contributed by atoms with Gasteiger partial charge in [-0.1, -0.05) is 121 Å². The average Bonchev–Trinajstić information content (AvgIpc) is 3.94. The Morgan fingerprint density at radius 3 is 1.89 bits per heavy atom. The lowest BCUT2D eigenvalue weighted by atomic mass is 9.99. The summed E-state index contributed by atoms with van der Waals surface area (Å²) in [6.07, 6.45) is 0. The van der Waals surface area contributed by atoms with E-state index in [1.54, 1.807) is 0 Å². The van der Waals surface area contributed by atoms with Crippen molar-refractivity contribution in [1.29, 1.82) is 0 Å². The molecule has 0 spiro atoms. The second-order valence-electron chi connectivity index (χ2n) is 13.5. The van der Waals surface area contributed by atoms with Crippen molar-refractivity contribution >= 4 is 72.0 Å². The van der Waals surface area contributed by atoms with E-state index in [0.717, 1.165) is 94.3 Å². The molecule has 0 saturated heterocycles. The minimum atomic E-state index is 0.583. The topological polar surface area (TPSA) is 55.6 Å². The molecule has 3 aromatic heterocycles. The Hall–Kier alpha value is -7.37. The first-order chi connectivity index (χ1) is 26.8. The number of benzene rings is 8. The summed E-state index contributed by atoms with van der Waals surface area (Å²) in [7, 11) is 0. The molecule has 3 heterocycles. The Morgan fingerprint density at radius 2 is 1.04 bits per heavy atom. The molecule has 0 unspecified atom stereocenters. The molecular formula is C49H30N2O3. The zero-order chi connectivity index (χ0) is 35.6. The summed E-state index contributed by atoms with van der Waals surface area (Å²) in [6, 6.07) is 62.8. The van der Waals surface area contributed by atoms with E-state index in [1.165, 1.54) is 0 Å². The normalized spacial score (nSPS) is 11.7. The number of aromatic nitrogens is 1. The van der Waals surface area contributed by atoms with E-state index in [-0.39, 0.29) is 0 Å². The Balaban J connectivity index is 1.12. The quantitative estimate of drug-likeness (QED) is 0.173. The summed E-state index contributed by atoms with van der Waals surface area (Å²) in [6.45, 7) is 0. The molecule has 0 bridgehead atoms. The van der Waals surface area contributed by atoms with Gasteiger partial charge in [0.2, 0.25) is 5.89 Å². The summed E-state index contributed by atoms with van der Waals surface area (Å²) in [5, 5.41) is 4.18. The molecule has 0 N–H and O–H groups in total. The standard InChI is InChI=1S/C49H30N2O3/c1-3-13-31(14-4-1)35-17-7-9-21-41(35)51(34-27-25-32(26-28-34)36-19-11-20-38-37-18-8-10-23-43(37)53-48(36)38)42-22-12-24-44-47(42)39-29-46-40(30-45(39)52-44)50-49(54-46)33-15-5-2-6-16-33/h1-30H. The van der Waals surface area contributed by atoms with Gasteiger partial charge in [-0.15, -0.1) is 0 Å². The van der Waals surface area contributed by atoms with Crippen LogP contribution in [0, 0.1) is 0 Å². The van der Waals surface area contributed by atoms with E-state index >= 15 is 0 Å². The van der Waals surface area contributed by atoms with Gasteiger partial charge in [0.15, 0.2) is 5.58 Å². The predicted molar refractivity (Wildman–Crippen MR) is 220 cm³/mol. The first-order valence-corrected chi connectivity index (χ1v) is 18.0. The van der Waals surface area contributed by atoms with Crippen molar-refractivity contribution in [2.75, 3.05) is 4.90 Å². The summed E-state index contributed by atoms with van der Waals surface area (Å²) in [5.41, 5.74) is 13.1. The van der Waals surface area contributed by atoms with Gasteiger partial charge in [0, 0.05) is 44.6 Å². The smallest absolute Gasteiger partial charge is 0.227 e.